The minimum atomic E-state index is -4.95. The third kappa shape index (κ3) is 10.2. The lowest BCUT2D eigenvalue weighted by Crippen LogP contribution is -2.41. The highest BCUT2D eigenvalue weighted by Gasteiger charge is 2.37. The molecule has 0 unspecified atom stereocenters. The number of rotatable bonds is 14. The molecule has 1 amide bonds. The first kappa shape index (κ1) is 32.1. The molecule has 0 aromatic heterocycles. The summed E-state index contributed by atoms with van der Waals surface area (Å²) in [5.41, 5.74) is -1.21. The second-order valence-electron chi connectivity index (χ2n) is 9.38. The zero-order valence-electron chi connectivity index (χ0n) is 22.4. The first-order chi connectivity index (χ1) is 19.5. The monoisotopic (exact) mass is 582 g/mol. The van der Waals surface area contributed by atoms with E-state index in [1.165, 1.54) is 7.11 Å². The van der Waals surface area contributed by atoms with Crippen molar-refractivity contribution in [1.29, 1.82) is 0 Å². The Morgan fingerprint density at radius 1 is 0.805 bits per heavy atom. The fourth-order valence-corrected chi connectivity index (χ4v) is 4.41. The number of amides is 1. The standard InChI is InChI=1S/C30H32F6N2O3/c1-40-15-14-38-27(39)12-13-37-26(28(22-8-4-2-5-9-22)23-10-6-3-7-11-23)20-41-19-21-16-24(29(31,32)33)18-25(17-21)30(34,35)36/h2-11,16-18,26,28,37H,12-15,19-20H2,1H3,(H,38,39)/t26-/m1/s1. The van der Waals surface area contributed by atoms with Gasteiger partial charge in [0.15, 0.2) is 0 Å². The van der Waals surface area contributed by atoms with E-state index in [1.54, 1.807) is 0 Å². The fourth-order valence-electron chi connectivity index (χ4n) is 4.41. The lowest BCUT2D eigenvalue weighted by Gasteiger charge is -2.29. The van der Waals surface area contributed by atoms with Crippen LogP contribution in [0.1, 0.15) is 40.2 Å². The molecule has 0 aliphatic rings. The van der Waals surface area contributed by atoms with Gasteiger partial charge in [-0.1, -0.05) is 60.7 Å². The van der Waals surface area contributed by atoms with Gasteiger partial charge in [-0.3, -0.25) is 4.79 Å². The normalized spacial score (nSPS) is 12.9. The summed E-state index contributed by atoms with van der Waals surface area (Å²) in [6, 6.07) is 19.8. The Morgan fingerprint density at radius 2 is 1.34 bits per heavy atom. The van der Waals surface area contributed by atoms with Gasteiger partial charge >= 0.3 is 12.4 Å². The van der Waals surface area contributed by atoms with Crippen molar-refractivity contribution in [3.8, 4) is 0 Å². The third-order valence-corrected chi connectivity index (χ3v) is 6.32. The zero-order valence-corrected chi connectivity index (χ0v) is 22.4. The summed E-state index contributed by atoms with van der Waals surface area (Å²) in [6.07, 6.45) is -9.76. The number of methoxy groups -OCH3 is 1. The van der Waals surface area contributed by atoms with Gasteiger partial charge in [-0.25, -0.2) is 0 Å². The van der Waals surface area contributed by atoms with Gasteiger partial charge in [-0.05, 0) is 34.9 Å². The van der Waals surface area contributed by atoms with Crippen LogP contribution in [-0.4, -0.2) is 45.4 Å². The highest BCUT2D eigenvalue weighted by atomic mass is 19.4. The van der Waals surface area contributed by atoms with Crippen molar-refractivity contribution in [2.24, 2.45) is 0 Å². The summed E-state index contributed by atoms with van der Waals surface area (Å²) in [5, 5.41) is 6.05. The Kier molecular flexibility index (Phi) is 11.7. The van der Waals surface area contributed by atoms with Crippen LogP contribution < -0.4 is 10.6 Å². The molecule has 0 radical (unpaired) electrons. The average Bonchev–Trinajstić information content (AvgIpc) is 2.93. The zero-order chi connectivity index (χ0) is 29.9. The molecule has 0 saturated heterocycles. The van der Waals surface area contributed by atoms with Crippen LogP contribution in [0.5, 0.6) is 0 Å². The maximum atomic E-state index is 13.3. The number of nitrogens with one attached hydrogen (secondary N) is 2. The van der Waals surface area contributed by atoms with Crippen LogP contribution in [-0.2, 0) is 33.2 Å². The molecule has 1 atom stereocenters. The van der Waals surface area contributed by atoms with Crippen molar-refractivity contribution < 1.29 is 40.6 Å². The van der Waals surface area contributed by atoms with E-state index in [1.807, 2.05) is 60.7 Å². The van der Waals surface area contributed by atoms with Crippen molar-refractivity contribution >= 4 is 5.91 Å². The molecule has 0 spiro atoms. The molecular weight excluding hydrogens is 550 g/mol. The van der Waals surface area contributed by atoms with E-state index in [9.17, 15) is 31.1 Å². The summed E-state index contributed by atoms with van der Waals surface area (Å²) in [5.74, 6) is -0.491. The second-order valence-corrected chi connectivity index (χ2v) is 9.38. The summed E-state index contributed by atoms with van der Waals surface area (Å²) >= 11 is 0. The first-order valence-electron chi connectivity index (χ1n) is 12.9. The Bertz CT molecular complexity index is 1150. The van der Waals surface area contributed by atoms with Crippen LogP contribution >= 0.6 is 0 Å². The average molecular weight is 583 g/mol. The molecule has 0 aliphatic carbocycles. The van der Waals surface area contributed by atoms with Crippen molar-refractivity contribution in [2.75, 3.05) is 33.4 Å². The minimum absolute atomic E-state index is 0.0582. The van der Waals surface area contributed by atoms with Gasteiger partial charge in [0, 0.05) is 38.6 Å². The molecule has 222 valence electrons. The number of hydrogen-bond acceptors (Lipinski definition) is 4. The summed E-state index contributed by atoms with van der Waals surface area (Å²) in [4.78, 5) is 12.2. The van der Waals surface area contributed by atoms with Gasteiger partial charge in [0.2, 0.25) is 5.91 Å². The van der Waals surface area contributed by atoms with Gasteiger partial charge in [0.1, 0.15) is 0 Å². The van der Waals surface area contributed by atoms with E-state index in [4.69, 9.17) is 9.47 Å². The van der Waals surface area contributed by atoms with Gasteiger partial charge in [0.05, 0.1) is 30.9 Å². The van der Waals surface area contributed by atoms with Crippen LogP contribution in [0, 0.1) is 0 Å². The van der Waals surface area contributed by atoms with Crippen molar-refractivity contribution in [3.05, 3.63) is 107 Å². The second kappa shape index (κ2) is 15.0. The maximum Gasteiger partial charge on any atom is 0.416 e. The molecule has 0 bridgehead atoms. The topological polar surface area (TPSA) is 59.6 Å². The van der Waals surface area contributed by atoms with Crippen molar-refractivity contribution in [2.45, 2.75) is 37.3 Å². The summed E-state index contributed by atoms with van der Waals surface area (Å²) in [7, 11) is 1.52. The largest absolute Gasteiger partial charge is 0.416 e. The highest BCUT2D eigenvalue weighted by molar-refractivity contribution is 5.76. The number of ether oxygens (including phenoxy) is 2. The van der Waals surface area contributed by atoms with Crippen LogP contribution in [0.4, 0.5) is 26.3 Å². The van der Waals surface area contributed by atoms with E-state index in [2.05, 4.69) is 10.6 Å². The predicted molar refractivity (Wildman–Crippen MR) is 142 cm³/mol. The number of hydrogen-bond donors (Lipinski definition) is 2. The van der Waals surface area contributed by atoms with Gasteiger partial charge in [-0.2, -0.15) is 26.3 Å². The Labute approximate surface area is 234 Å². The number of carbonyl (C=O) groups excluding carboxylic acids is 1. The summed E-state index contributed by atoms with van der Waals surface area (Å²) in [6.45, 7) is 0.446. The lowest BCUT2D eigenvalue weighted by molar-refractivity contribution is -0.143. The molecule has 0 fully saturated rings. The maximum absolute atomic E-state index is 13.3. The molecule has 3 aromatic rings. The quantitative estimate of drug-likeness (QED) is 0.176. The van der Waals surface area contributed by atoms with E-state index in [-0.39, 0.29) is 43.0 Å². The smallest absolute Gasteiger partial charge is 0.383 e. The molecule has 2 N–H and O–H groups in total. The van der Waals surface area contributed by atoms with E-state index >= 15 is 0 Å². The predicted octanol–water partition coefficient (Wildman–Crippen LogP) is 6.18. The molecule has 3 rings (SSSR count). The molecule has 0 heterocycles. The van der Waals surface area contributed by atoms with Crippen LogP contribution in [0.2, 0.25) is 0 Å². The molecule has 0 aliphatic heterocycles. The lowest BCUT2D eigenvalue weighted by atomic mass is 9.85. The molecule has 5 nitrogen and oxygen atoms in total. The Balaban J connectivity index is 1.83. The fraction of sp³-hybridized carbons (Fsp3) is 0.367. The molecule has 0 saturated carbocycles. The molecular formula is C30H32F6N2O3. The van der Waals surface area contributed by atoms with E-state index < -0.39 is 36.1 Å². The van der Waals surface area contributed by atoms with Crippen LogP contribution in [0.25, 0.3) is 0 Å². The first-order valence-corrected chi connectivity index (χ1v) is 12.9. The number of carbonyl (C=O) groups is 1. The van der Waals surface area contributed by atoms with E-state index in [0.717, 1.165) is 11.1 Å². The van der Waals surface area contributed by atoms with Crippen molar-refractivity contribution in [3.63, 3.8) is 0 Å². The van der Waals surface area contributed by atoms with Crippen LogP contribution in [0.3, 0.4) is 0 Å². The van der Waals surface area contributed by atoms with Crippen LogP contribution in [0.15, 0.2) is 78.9 Å². The van der Waals surface area contributed by atoms with Crippen molar-refractivity contribution in [1.82, 2.24) is 10.6 Å². The summed E-state index contributed by atoms with van der Waals surface area (Å²) < 4.78 is 90.6. The molecule has 41 heavy (non-hydrogen) atoms. The van der Waals surface area contributed by atoms with Gasteiger partial charge < -0.3 is 20.1 Å². The Morgan fingerprint density at radius 3 is 1.83 bits per heavy atom. The number of halogens is 6. The van der Waals surface area contributed by atoms with Gasteiger partial charge in [0.25, 0.3) is 0 Å². The van der Waals surface area contributed by atoms with Gasteiger partial charge in [-0.15, -0.1) is 0 Å². The number of benzene rings is 3. The highest BCUT2D eigenvalue weighted by Crippen LogP contribution is 2.36. The Hall–Kier alpha value is -3.41. The molecule has 11 heteroatoms. The SMILES string of the molecule is COCCNC(=O)CCN[C@H](COCc1cc(C(F)(F)F)cc(C(F)(F)F)c1)C(c1ccccc1)c1ccccc1. The minimum Gasteiger partial charge on any atom is -0.383 e. The third-order valence-electron chi connectivity index (χ3n) is 6.32. The van der Waals surface area contributed by atoms with E-state index in [0.29, 0.717) is 25.3 Å². The molecule has 3 aromatic carbocycles. The number of alkyl halides is 6.